The van der Waals surface area contributed by atoms with E-state index in [0.29, 0.717) is 0 Å². The zero-order valence-electron chi connectivity index (χ0n) is 10.2. The third kappa shape index (κ3) is 4.46. The molecule has 0 unspecified atom stereocenters. The number of phosphoric acid groups is 1. The molecule has 1 aromatic carbocycles. The van der Waals surface area contributed by atoms with Crippen LogP contribution in [0.4, 0.5) is 8.78 Å². The summed E-state index contributed by atoms with van der Waals surface area (Å²) in [5.74, 6) is -1.46. The van der Waals surface area contributed by atoms with Crippen molar-refractivity contribution in [3.8, 4) is 0 Å². The molecule has 1 aromatic rings. The minimum Gasteiger partial charge on any atom is -0.287 e. The average Bonchev–Trinajstić information content (AvgIpc) is 2.28. The molecular weight excluding hydrogens is 265 g/mol. The van der Waals surface area contributed by atoms with E-state index in [9.17, 15) is 13.3 Å². The molecule has 0 saturated heterocycles. The van der Waals surface area contributed by atoms with E-state index < -0.39 is 19.5 Å². The fourth-order valence-electron chi connectivity index (χ4n) is 1.22. The Bertz CT molecular complexity index is 429. The van der Waals surface area contributed by atoms with Crippen molar-refractivity contribution in [3.05, 3.63) is 35.4 Å². The van der Waals surface area contributed by atoms with Crippen molar-refractivity contribution >= 4 is 7.82 Å². The molecule has 0 amide bonds. The van der Waals surface area contributed by atoms with Crippen LogP contribution in [0.2, 0.25) is 0 Å². The number of rotatable bonds is 7. The molecule has 0 bridgehead atoms. The highest BCUT2D eigenvalue weighted by molar-refractivity contribution is 7.48. The third-order valence-corrected chi connectivity index (χ3v) is 3.56. The molecule has 0 fully saturated rings. The Balaban J connectivity index is 2.69. The fraction of sp³-hybridized carbons (Fsp3) is 0.455. The molecule has 0 spiro atoms. The highest BCUT2D eigenvalue weighted by Gasteiger charge is 2.25. The quantitative estimate of drug-likeness (QED) is 0.715. The van der Waals surface area contributed by atoms with Crippen LogP contribution < -0.4 is 0 Å². The second-order valence-electron chi connectivity index (χ2n) is 3.29. The monoisotopic (exact) mass is 280 g/mol. The molecule has 0 aliphatic heterocycles. The van der Waals surface area contributed by atoms with Gasteiger partial charge >= 0.3 is 7.82 Å². The minimum absolute atomic E-state index is 0.0797. The van der Waals surface area contributed by atoms with Gasteiger partial charge in [0.2, 0.25) is 0 Å². The summed E-state index contributed by atoms with van der Waals surface area (Å²) in [5, 5.41) is 0. The normalized spacial score (nSPS) is 11.8. The molecule has 7 heteroatoms. The third-order valence-electron chi connectivity index (χ3n) is 1.97. The molecule has 0 saturated carbocycles. The van der Waals surface area contributed by atoms with Gasteiger partial charge in [-0.3, -0.25) is 13.6 Å². The van der Waals surface area contributed by atoms with Gasteiger partial charge in [-0.05, 0) is 19.9 Å². The minimum atomic E-state index is -3.68. The predicted octanol–water partition coefficient (Wildman–Crippen LogP) is 3.66. The van der Waals surface area contributed by atoms with Crippen molar-refractivity contribution in [3.63, 3.8) is 0 Å². The standard InChI is InChI=1S/C11H15F2O4P/c1-3-15-18(14,16-4-2)17-8-9-5-6-10(12)7-11(9)13/h5-7H,3-4,8H2,1-2H3. The molecule has 0 radical (unpaired) electrons. The van der Waals surface area contributed by atoms with Gasteiger partial charge < -0.3 is 0 Å². The van der Waals surface area contributed by atoms with Crippen molar-refractivity contribution in [1.82, 2.24) is 0 Å². The van der Waals surface area contributed by atoms with E-state index in [1.807, 2.05) is 0 Å². The van der Waals surface area contributed by atoms with E-state index in [-0.39, 0.29) is 25.4 Å². The van der Waals surface area contributed by atoms with Crippen LogP contribution in [0.1, 0.15) is 19.4 Å². The summed E-state index contributed by atoms with van der Waals surface area (Å²) >= 11 is 0. The summed E-state index contributed by atoms with van der Waals surface area (Å²) in [5.41, 5.74) is 0.0797. The Kier molecular flexibility index (Phi) is 5.88. The molecule has 0 heterocycles. The second-order valence-corrected chi connectivity index (χ2v) is 4.96. The van der Waals surface area contributed by atoms with Crippen LogP contribution in [0.15, 0.2) is 18.2 Å². The first-order valence-corrected chi connectivity index (χ1v) is 6.94. The topological polar surface area (TPSA) is 44.8 Å². The van der Waals surface area contributed by atoms with Crippen molar-refractivity contribution in [2.45, 2.75) is 20.5 Å². The van der Waals surface area contributed by atoms with Crippen LogP contribution in [-0.4, -0.2) is 13.2 Å². The Labute approximate surface area is 104 Å². The van der Waals surface area contributed by atoms with Gasteiger partial charge in [0, 0.05) is 11.6 Å². The maximum atomic E-state index is 13.3. The van der Waals surface area contributed by atoms with Gasteiger partial charge in [-0.25, -0.2) is 13.3 Å². The first-order chi connectivity index (χ1) is 8.50. The second kappa shape index (κ2) is 6.95. The number of benzene rings is 1. The number of halogens is 2. The van der Waals surface area contributed by atoms with Gasteiger partial charge in [-0.1, -0.05) is 6.07 Å². The Hall–Kier alpha value is -0.810. The highest BCUT2D eigenvalue weighted by atomic mass is 31.2. The number of phosphoric ester groups is 1. The zero-order valence-corrected chi connectivity index (χ0v) is 11.1. The van der Waals surface area contributed by atoms with Crippen molar-refractivity contribution in [2.24, 2.45) is 0 Å². The Morgan fingerprint density at radius 1 is 1.11 bits per heavy atom. The molecule has 0 atom stereocenters. The molecular formula is C11H15F2O4P. The lowest BCUT2D eigenvalue weighted by atomic mass is 10.2. The van der Waals surface area contributed by atoms with Gasteiger partial charge in [0.25, 0.3) is 0 Å². The molecule has 102 valence electrons. The van der Waals surface area contributed by atoms with Gasteiger partial charge in [0.15, 0.2) is 0 Å². The predicted molar refractivity (Wildman–Crippen MR) is 62.0 cm³/mol. The molecule has 4 nitrogen and oxygen atoms in total. The van der Waals surface area contributed by atoms with Gasteiger partial charge in [0.05, 0.1) is 19.8 Å². The summed E-state index contributed by atoms with van der Waals surface area (Å²) < 4.78 is 52.6. The highest BCUT2D eigenvalue weighted by Crippen LogP contribution is 2.49. The SMILES string of the molecule is CCOP(=O)(OCC)OCc1ccc(F)cc1F. The van der Waals surface area contributed by atoms with Crippen LogP contribution in [-0.2, 0) is 24.7 Å². The maximum Gasteiger partial charge on any atom is 0.475 e. The zero-order chi connectivity index (χ0) is 13.6. The van der Waals surface area contributed by atoms with E-state index in [2.05, 4.69) is 0 Å². The van der Waals surface area contributed by atoms with Crippen molar-refractivity contribution < 1.29 is 26.9 Å². The Morgan fingerprint density at radius 3 is 2.22 bits per heavy atom. The smallest absolute Gasteiger partial charge is 0.287 e. The van der Waals surface area contributed by atoms with Gasteiger partial charge in [0.1, 0.15) is 11.6 Å². The summed E-state index contributed by atoms with van der Waals surface area (Å²) in [7, 11) is -3.68. The van der Waals surface area contributed by atoms with E-state index in [4.69, 9.17) is 13.6 Å². The molecule has 0 aromatic heterocycles. The maximum absolute atomic E-state index is 13.3. The fourth-order valence-corrected chi connectivity index (χ4v) is 2.37. The molecule has 1 rings (SSSR count). The summed E-state index contributed by atoms with van der Waals surface area (Å²) in [6, 6.07) is 3.03. The Morgan fingerprint density at radius 2 is 1.72 bits per heavy atom. The average molecular weight is 280 g/mol. The van der Waals surface area contributed by atoms with E-state index >= 15 is 0 Å². The molecule has 0 N–H and O–H groups in total. The molecule has 0 aliphatic carbocycles. The summed E-state index contributed by atoms with van der Waals surface area (Å²) in [6.07, 6.45) is 0. The summed E-state index contributed by atoms with van der Waals surface area (Å²) in [6.45, 7) is 3.23. The lowest BCUT2D eigenvalue weighted by Crippen LogP contribution is -2.02. The van der Waals surface area contributed by atoms with E-state index in [0.717, 1.165) is 12.1 Å². The van der Waals surface area contributed by atoms with Crippen LogP contribution in [0.3, 0.4) is 0 Å². The van der Waals surface area contributed by atoms with Gasteiger partial charge in [-0.15, -0.1) is 0 Å². The largest absolute Gasteiger partial charge is 0.475 e. The first kappa shape index (κ1) is 15.2. The van der Waals surface area contributed by atoms with E-state index in [1.54, 1.807) is 13.8 Å². The molecule has 0 aliphatic rings. The lowest BCUT2D eigenvalue weighted by molar-refractivity contribution is 0.115. The van der Waals surface area contributed by atoms with Gasteiger partial charge in [-0.2, -0.15) is 0 Å². The van der Waals surface area contributed by atoms with E-state index in [1.165, 1.54) is 6.07 Å². The van der Waals surface area contributed by atoms with Crippen LogP contribution in [0.5, 0.6) is 0 Å². The van der Waals surface area contributed by atoms with Crippen LogP contribution in [0, 0.1) is 11.6 Å². The number of hydrogen-bond donors (Lipinski definition) is 0. The van der Waals surface area contributed by atoms with Crippen molar-refractivity contribution in [2.75, 3.05) is 13.2 Å². The number of hydrogen-bond acceptors (Lipinski definition) is 4. The lowest BCUT2D eigenvalue weighted by Gasteiger charge is -2.16. The van der Waals surface area contributed by atoms with Crippen LogP contribution >= 0.6 is 7.82 Å². The molecule has 18 heavy (non-hydrogen) atoms. The van der Waals surface area contributed by atoms with Crippen LogP contribution in [0.25, 0.3) is 0 Å². The van der Waals surface area contributed by atoms with Crippen molar-refractivity contribution in [1.29, 1.82) is 0 Å². The summed E-state index contributed by atoms with van der Waals surface area (Å²) in [4.78, 5) is 0. The first-order valence-electron chi connectivity index (χ1n) is 5.48.